The van der Waals surface area contributed by atoms with Gasteiger partial charge in [-0.1, -0.05) is 37.3 Å². The van der Waals surface area contributed by atoms with Gasteiger partial charge in [-0.15, -0.1) is 0 Å². The molecular weight excluding hydrogens is 364 g/mol. The van der Waals surface area contributed by atoms with Gasteiger partial charge in [0.1, 0.15) is 0 Å². The van der Waals surface area contributed by atoms with Gasteiger partial charge in [-0.2, -0.15) is 4.74 Å². The quantitative estimate of drug-likeness (QED) is 0.672. The first-order chi connectivity index (χ1) is 13.6. The fourth-order valence-electron chi connectivity index (χ4n) is 3.27. The van der Waals surface area contributed by atoms with Crippen molar-refractivity contribution in [3.05, 3.63) is 46.2 Å². The van der Waals surface area contributed by atoms with Crippen LogP contribution >= 0.6 is 0 Å². The van der Waals surface area contributed by atoms with Gasteiger partial charge in [-0.3, -0.25) is 9.69 Å². The van der Waals surface area contributed by atoms with Crippen molar-refractivity contribution in [1.82, 2.24) is 9.64 Å². The summed E-state index contributed by atoms with van der Waals surface area (Å²) in [6, 6.07) is 9.67. The first kappa shape index (κ1) is 20.2. The summed E-state index contributed by atoms with van der Waals surface area (Å²) < 4.78 is 22.2. The first-order valence-electron chi connectivity index (χ1n) is 9.49. The predicted molar refractivity (Wildman–Crippen MR) is 102 cm³/mol. The highest BCUT2D eigenvalue weighted by Crippen LogP contribution is 2.22. The van der Waals surface area contributed by atoms with Crippen LogP contribution in [-0.4, -0.2) is 55.4 Å². The molecule has 0 saturated carbocycles. The van der Waals surface area contributed by atoms with Gasteiger partial charge in [0, 0.05) is 18.7 Å². The number of benzene rings is 1. The molecule has 28 heavy (non-hydrogen) atoms. The van der Waals surface area contributed by atoms with Gasteiger partial charge in [0.25, 0.3) is 5.56 Å². The summed E-state index contributed by atoms with van der Waals surface area (Å²) >= 11 is 0. The third kappa shape index (κ3) is 4.82. The Bertz CT molecular complexity index is 829. The number of aryl methyl sites for hydroxylation is 1. The van der Waals surface area contributed by atoms with Gasteiger partial charge in [-0.25, -0.2) is 4.79 Å². The lowest BCUT2D eigenvalue weighted by Gasteiger charge is -2.31. The van der Waals surface area contributed by atoms with Crippen LogP contribution < -0.4 is 5.56 Å². The minimum absolute atomic E-state index is 0.0739. The van der Waals surface area contributed by atoms with E-state index in [-0.39, 0.29) is 5.56 Å². The smallest absolute Gasteiger partial charge is 0.438 e. The third-order valence-corrected chi connectivity index (χ3v) is 4.70. The molecule has 1 fully saturated rings. The van der Waals surface area contributed by atoms with Crippen molar-refractivity contribution in [3.8, 4) is 11.3 Å². The minimum atomic E-state index is -0.755. The van der Waals surface area contributed by atoms with Crippen molar-refractivity contribution in [2.75, 3.05) is 33.4 Å². The monoisotopic (exact) mass is 390 g/mol. The zero-order valence-electron chi connectivity index (χ0n) is 16.3. The molecule has 8 nitrogen and oxygen atoms in total. The lowest BCUT2D eigenvalue weighted by atomic mass is 10.1. The number of hydrogen-bond acceptors (Lipinski definition) is 7. The second-order valence-electron chi connectivity index (χ2n) is 6.55. The molecule has 2 heterocycles. The van der Waals surface area contributed by atoms with Crippen LogP contribution in [-0.2, 0) is 27.2 Å². The van der Waals surface area contributed by atoms with E-state index in [1.807, 2.05) is 37.3 Å². The molecule has 0 spiro atoms. The van der Waals surface area contributed by atoms with E-state index in [0.717, 1.165) is 25.1 Å². The third-order valence-electron chi connectivity index (χ3n) is 4.70. The lowest BCUT2D eigenvalue weighted by Crippen LogP contribution is -2.44. The Hall–Kier alpha value is -2.58. The molecule has 1 unspecified atom stereocenters. The van der Waals surface area contributed by atoms with Crippen molar-refractivity contribution >= 4 is 6.16 Å². The molecule has 1 aromatic carbocycles. The van der Waals surface area contributed by atoms with Gasteiger partial charge in [-0.05, 0) is 12.8 Å². The normalized spacial score (nSPS) is 17.4. The number of morpholine rings is 1. The molecule has 0 amide bonds. The van der Waals surface area contributed by atoms with Crippen LogP contribution in [0, 0.1) is 0 Å². The van der Waals surface area contributed by atoms with Crippen LogP contribution in [0.1, 0.15) is 18.9 Å². The summed E-state index contributed by atoms with van der Waals surface area (Å²) in [6.45, 7) is 4.86. The zero-order valence-corrected chi connectivity index (χ0v) is 16.3. The molecule has 1 atom stereocenters. The Morgan fingerprint density at radius 1 is 1.25 bits per heavy atom. The van der Waals surface area contributed by atoms with Gasteiger partial charge in [0.15, 0.2) is 5.76 Å². The van der Waals surface area contributed by atoms with Crippen LogP contribution in [0.2, 0.25) is 0 Å². The van der Waals surface area contributed by atoms with Crippen LogP contribution in [0.5, 0.6) is 0 Å². The van der Waals surface area contributed by atoms with Crippen LogP contribution in [0.25, 0.3) is 11.3 Å². The SMILES string of the molecule is CCc1c(-c2ccccc2)on(CCCN2CCOC(OC(=O)OC)C2)c1=O. The summed E-state index contributed by atoms with van der Waals surface area (Å²) in [7, 11) is 1.26. The molecule has 1 saturated heterocycles. The summed E-state index contributed by atoms with van der Waals surface area (Å²) in [5, 5.41) is 0. The van der Waals surface area contributed by atoms with Crippen LogP contribution in [0.3, 0.4) is 0 Å². The van der Waals surface area contributed by atoms with E-state index < -0.39 is 12.4 Å². The van der Waals surface area contributed by atoms with E-state index >= 15 is 0 Å². The largest absolute Gasteiger partial charge is 0.510 e. The first-order valence-corrected chi connectivity index (χ1v) is 9.49. The van der Waals surface area contributed by atoms with Gasteiger partial charge in [0.05, 0.1) is 32.4 Å². The minimum Gasteiger partial charge on any atom is -0.438 e. The van der Waals surface area contributed by atoms with Crippen molar-refractivity contribution in [1.29, 1.82) is 0 Å². The molecule has 152 valence electrons. The number of aromatic nitrogens is 1. The Kier molecular flexibility index (Phi) is 6.89. The van der Waals surface area contributed by atoms with E-state index in [0.29, 0.717) is 37.4 Å². The average molecular weight is 390 g/mol. The molecule has 2 aromatic rings. The highest BCUT2D eigenvalue weighted by Gasteiger charge is 2.24. The van der Waals surface area contributed by atoms with E-state index in [2.05, 4.69) is 9.64 Å². The molecule has 0 radical (unpaired) electrons. The summed E-state index contributed by atoms with van der Waals surface area (Å²) in [5.74, 6) is 0.644. The Labute approximate surface area is 163 Å². The number of methoxy groups -OCH3 is 1. The van der Waals surface area contributed by atoms with Gasteiger partial charge < -0.3 is 18.7 Å². The topological polar surface area (TPSA) is 83.1 Å². The Morgan fingerprint density at radius 2 is 2.04 bits per heavy atom. The molecule has 0 aliphatic carbocycles. The summed E-state index contributed by atoms with van der Waals surface area (Å²) in [4.78, 5) is 26.0. The number of ether oxygens (including phenoxy) is 3. The standard InChI is InChI=1S/C20H26N2O6/c1-3-16-18(15-8-5-4-6-9-15)28-22(19(16)23)11-7-10-21-12-13-26-17(14-21)27-20(24)25-2/h4-6,8-9,17H,3,7,10-14H2,1-2H3. The van der Waals surface area contributed by atoms with E-state index in [9.17, 15) is 9.59 Å². The van der Waals surface area contributed by atoms with Crippen LogP contribution in [0.4, 0.5) is 4.79 Å². The number of nitrogens with zero attached hydrogens (tertiary/aromatic N) is 2. The van der Waals surface area contributed by atoms with E-state index in [1.54, 1.807) is 0 Å². The Morgan fingerprint density at radius 3 is 2.75 bits per heavy atom. The van der Waals surface area contributed by atoms with Crippen molar-refractivity contribution in [2.24, 2.45) is 0 Å². The van der Waals surface area contributed by atoms with Crippen molar-refractivity contribution in [2.45, 2.75) is 32.6 Å². The molecule has 3 rings (SSSR count). The molecule has 8 heteroatoms. The maximum absolute atomic E-state index is 12.6. The maximum Gasteiger partial charge on any atom is 0.510 e. The number of carbonyl (C=O) groups is 1. The van der Waals surface area contributed by atoms with Crippen molar-refractivity contribution < 1.29 is 23.5 Å². The van der Waals surface area contributed by atoms with Gasteiger partial charge in [0.2, 0.25) is 6.29 Å². The average Bonchev–Trinajstić information content (AvgIpc) is 3.04. The fraction of sp³-hybridized carbons (Fsp3) is 0.500. The highest BCUT2D eigenvalue weighted by molar-refractivity contribution is 5.60. The Balaban J connectivity index is 1.58. The van der Waals surface area contributed by atoms with E-state index in [4.69, 9.17) is 14.0 Å². The molecule has 0 bridgehead atoms. The molecule has 0 N–H and O–H groups in total. The molecule has 1 aromatic heterocycles. The number of hydrogen-bond donors (Lipinski definition) is 0. The number of rotatable bonds is 7. The fourth-order valence-corrected chi connectivity index (χ4v) is 3.27. The molecular formula is C20H26N2O6. The lowest BCUT2D eigenvalue weighted by molar-refractivity contribution is -0.158. The van der Waals surface area contributed by atoms with Crippen molar-refractivity contribution in [3.63, 3.8) is 0 Å². The number of carbonyl (C=O) groups excluding carboxylic acids is 1. The maximum atomic E-state index is 12.6. The second-order valence-corrected chi connectivity index (χ2v) is 6.55. The zero-order chi connectivity index (χ0) is 19.9. The highest BCUT2D eigenvalue weighted by atomic mass is 16.8. The van der Waals surface area contributed by atoms with E-state index in [1.165, 1.54) is 11.8 Å². The second kappa shape index (κ2) is 9.57. The summed E-state index contributed by atoms with van der Waals surface area (Å²) in [6.07, 6.45) is -0.0378. The molecule has 1 aliphatic rings. The van der Waals surface area contributed by atoms with Crippen LogP contribution in [0.15, 0.2) is 39.6 Å². The summed E-state index contributed by atoms with van der Waals surface area (Å²) in [5.41, 5.74) is 1.53. The van der Waals surface area contributed by atoms with Gasteiger partial charge >= 0.3 is 6.16 Å². The predicted octanol–water partition coefficient (Wildman–Crippen LogP) is 2.50. The molecule has 1 aliphatic heterocycles.